The van der Waals surface area contributed by atoms with Gasteiger partial charge in [0.15, 0.2) is 0 Å². The number of nitrogens with one attached hydrogen (secondary N) is 1. The van der Waals surface area contributed by atoms with Gasteiger partial charge in [-0.25, -0.2) is 14.0 Å². The van der Waals surface area contributed by atoms with E-state index in [4.69, 9.17) is 10.8 Å². The number of carboxylic acids is 1. The van der Waals surface area contributed by atoms with Crippen molar-refractivity contribution in [2.24, 2.45) is 5.73 Å². The highest BCUT2D eigenvalue weighted by molar-refractivity contribution is 5.93. The number of likely N-dealkylation sites (N-methyl/N-ethyl adjacent to an activating group) is 1. The van der Waals surface area contributed by atoms with Gasteiger partial charge in [-0.05, 0) is 18.2 Å². The Morgan fingerprint density at radius 1 is 1.42 bits per heavy atom. The molecular formula is C11H12FN3O4. The van der Waals surface area contributed by atoms with E-state index in [9.17, 15) is 18.8 Å². The molecule has 1 aromatic rings. The number of rotatable bonds is 4. The van der Waals surface area contributed by atoms with E-state index in [0.717, 1.165) is 23.1 Å². The quantitative estimate of drug-likeness (QED) is 0.737. The van der Waals surface area contributed by atoms with Crippen LogP contribution in [0, 0.1) is 5.82 Å². The highest BCUT2D eigenvalue weighted by Gasteiger charge is 2.14. The first kappa shape index (κ1) is 14.4. The van der Waals surface area contributed by atoms with Gasteiger partial charge < -0.3 is 21.1 Å². The Morgan fingerprint density at radius 2 is 2.05 bits per heavy atom. The van der Waals surface area contributed by atoms with E-state index < -0.39 is 23.7 Å². The fourth-order valence-corrected chi connectivity index (χ4v) is 1.27. The summed E-state index contributed by atoms with van der Waals surface area (Å²) in [4.78, 5) is 33.7. The van der Waals surface area contributed by atoms with Crippen molar-refractivity contribution in [3.8, 4) is 0 Å². The number of amides is 3. The molecule has 1 rings (SSSR count). The molecule has 7 nitrogen and oxygen atoms in total. The minimum absolute atomic E-state index is 0.189. The van der Waals surface area contributed by atoms with Gasteiger partial charge >= 0.3 is 12.0 Å². The first-order valence-corrected chi connectivity index (χ1v) is 5.14. The van der Waals surface area contributed by atoms with Crippen molar-refractivity contribution in [2.45, 2.75) is 0 Å². The Labute approximate surface area is 107 Å². The van der Waals surface area contributed by atoms with E-state index in [2.05, 4.69) is 5.32 Å². The molecule has 19 heavy (non-hydrogen) atoms. The molecule has 0 aliphatic rings. The number of urea groups is 1. The third kappa shape index (κ3) is 3.95. The summed E-state index contributed by atoms with van der Waals surface area (Å²) in [6, 6.07) is 2.32. The molecule has 0 aromatic heterocycles. The van der Waals surface area contributed by atoms with Gasteiger partial charge in [0.05, 0.1) is 11.3 Å². The molecule has 0 aliphatic carbocycles. The minimum Gasteiger partial charge on any atom is -0.478 e. The van der Waals surface area contributed by atoms with Gasteiger partial charge in [0, 0.05) is 7.05 Å². The van der Waals surface area contributed by atoms with Crippen LogP contribution in [0.15, 0.2) is 18.2 Å². The SMILES string of the molecule is CN(CC(N)=O)C(=O)Nc1ccc(C(=O)O)cc1F. The van der Waals surface area contributed by atoms with Crippen LogP contribution in [0.4, 0.5) is 14.9 Å². The number of nitrogens with two attached hydrogens (primary N) is 1. The van der Waals surface area contributed by atoms with Crippen LogP contribution >= 0.6 is 0 Å². The summed E-state index contributed by atoms with van der Waals surface area (Å²) in [5.41, 5.74) is 4.48. The molecule has 0 atom stereocenters. The van der Waals surface area contributed by atoms with Crippen LogP contribution in [0.1, 0.15) is 10.4 Å². The predicted molar refractivity (Wildman–Crippen MR) is 64.2 cm³/mol. The zero-order chi connectivity index (χ0) is 14.6. The average molecular weight is 269 g/mol. The van der Waals surface area contributed by atoms with Gasteiger partial charge in [-0.1, -0.05) is 0 Å². The van der Waals surface area contributed by atoms with E-state index in [-0.39, 0.29) is 17.8 Å². The Kier molecular flexibility index (Phi) is 4.41. The fraction of sp³-hybridized carbons (Fsp3) is 0.182. The number of carboxylic acid groups (broad SMARTS) is 1. The molecule has 0 spiro atoms. The Morgan fingerprint density at radius 3 is 2.53 bits per heavy atom. The molecule has 0 bridgehead atoms. The van der Waals surface area contributed by atoms with E-state index in [1.54, 1.807) is 0 Å². The monoisotopic (exact) mass is 269 g/mol. The van der Waals surface area contributed by atoms with Crippen molar-refractivity contribution in [3.05, 3.63) is 29.6 Å². The molecule has 0 aliphatic heterocycles. The lowest BCUT2D eigenvalue weighted by Crippen LogP contribution is -2.38. The van der Waals surface area contributed by atoms with Crippen LogP contribution < -0.4 is 11.1 Å². The number of carbonyl (C=O) groups is 3. The number of aromatic carboxylic acids is 1. The molecule has 0 unspecified atom stereocenters. The van der Waals surface area contributed by atoms with Crippen LogP contribution in [0.3, 0.4) is 0 Å². The molecular weight excluding hydrogens is 257 g/mol. The minimum atomic E-state index is -1.28. The van der Waals surface area contributed by atoms with Gasteiger partial charge in [0.25, 0.3) is 0 Å². The summed E-state index contributed by atoms with van der Waals surface area (Å²) in [5, 5.41) is 10.8. The zero-order valence-corrected chi connectivity index (χ0v) is 10.0. The lowest BCUT2D eigenvalue weighted by molar-refractivity contribution is -0.118. The number of benzene rings is 1. The number of nitrogens with zero attached hydrogens (tertiary/aromatic N) is 1. The molecule has 1 aromatic carbocycles. The Balaban J connectivity index is 2.80. The first-order valence-electron chi connectivity index (χ1n) is 5.14. The third-order valence-corrected chi connectivity index (χ3v) is 2.20. The van der Waals surface area contributed by atoms with E-state index in [1.807, 2.05) is 0 Å². The summed E-state index contributed by atoms with van der Waals surface area (Å²) in [6.45, 7) is -0.319. The second-order valence-electron chi connectivity index (χ2n) is 3.75. The summed E-state index contributed by atoms with van der Waals surface area (Å²) >= 11 is 0. The number of primary amides is 1. The normalized spacial score (nSPS) is 9.79. The van der Waals surface area contributed by atoms with Crippen molar-refractivity contribution in [1.29, 1.82) is 0 Å². The van der Waals surface area contributed by atoms with Crippen molar-refractivity contribution in [2.75, 3.05) is 18.9 Å². The summed E-state index contributed by atoms with van der Waals surface area (Å²) in [7, 11) is 1.31. The predicted octanol–water partition coefficient (Wildman–Crippen LogP) is 0.473. The van der Waals surface area contributed by atoms with Gasteiger partial charge in [0.1, 0.15) is 12.4 Å². The zero-order valence-electron chi connectivity index (χ0n) is 10.0. The summed E-state index contributed by atoms with van der Waals surface area (Å²) < 4.78 is 13.5. The van der Waals surface area contributed by atoms with Gasteiger partial charge in [-0.3, -0.25) is 4.79 Å². The Hall–Kier alpha value is -2.64. The maximum atomic E-state index is 13.5. The highest BCUT2D eigenvalue weighted by Crippen LogP contribution is 2.16. The van der Waals surface area contributed by atoms with E-state index in [0.29, 0.717) is 0 Å². The van der Waals surface area contributed by atoms with Crippen LogP contribution in [0.2, 0.25) is 0 Å². The standard InChI is InChI=1S/C11H12FN3O4/c1-15(5-9(13)16)11(19)14-8-3-2-6(10(17)18)4-7(8)12/h2-4H,5H2,1H3,(H2,13,16)(H,14,19)(H,17,18). The molecule has 0 radical (unpaired) electrons. The molecule has 3 amide bonds. The van der Waals surface area contributed by atoms with E-state index in [1.165, 1.54) is 7.05 Å². The van der Waals surface area contributed by atoms with E-state index >= 15 is 0 Å². The second kappa shape index (κ2) is 5.80. The highest BCUT2D eigenvalue weighted by atomic mass is 19.1. The first-order chi connectivity index (χ1) is 8.81. The number of anilines is 1. The Bertz CT molecular complexity index is 533. The molecule has 8 heteroatoms. The second-order valence-corrected chi connectivity index (χ2v) is 3.75. The van der Waals surface area contributed by atoms with Crippen molar-refractivity contribution in [1.82, 2.24) is 4.90 Å². The molecule has 0 saturated carbocycles. The largest absolute Gasteiger partial charge is 0.478 e. The van der Waals surface area contributed by atoms with Crippen LogP contribution in [0.5, 0.6) is 0 Å². The average Bonchev–Trinajstić information content (AvgIpc) is 2.30. The molecule has 102 valence electrons. The third-order valence-electron chi connectivity index (χ3n) is 2.20. The molecule has 0 saturated heterocycles. The molecule has 4 N–H and O–H groups in total. The lowest BCUT2D eigenvalue weighted by atomic mass is 10.2. The maximum Gasteiger partial charge on any atom is 0.335 e. The smallest absolute Gasteiger partial charge is 0.335 e. The summed E-state index contributed by atoms with van der Waals surface area (Å²) in [5.74, 6) is -2.87. The topological polar surface area (TPSA) is 113 Å². The number of halogens is 1. The number of carbonyl (C=O) groups excluding carboxylic acids is 2. The molecule has 0 heterocycles. The number of hydrogen-bond acceptors (Lipinski definition) is 3. The van der Waals surface area contributed by atoms with Gasteiger partial charge in [-0.15, -0.1) is 0 Å². The van der Waals surface area contributed by atoms with Crippen LogP contribution in [0.25, 0.3) is 0 Å². The molecule has 0 fully saturated rings. The van der Waals surface area contributed by atoms with Crippen LogP contribution in [-0.2, 0) is 4.79 Å². The van der Waals surface area contributed by atoms with Gasteiger partial charge in [-0.2, -0.15) is 0 Å². The fourth-order valence-electron chi connectivity index (χ4n) is 1.27. The van der Waals surface area contributed by atoms with Crippen molar-refractivity contribution >= 4 is 23.6 Å². The van der Waals surface area contributed by atoms with Crippen molar-refractivity contribution < 1.29 is 23.9 Å². The summed E-state index contributed by atoms with van der Waals surface area (Å²) in [6.07, 6.45) is 0. The van der Waals surface area contributed by atoms with Crippen molar-refractivity contribution in [3.63, 3.8) is 0 Å². The lowest BCUT2D eigenvalue weighted by Gasteiger charge is -2.16. The van der Waals surface area contributed by atoms with Gasteiger partial charge in [0.2, 0.25) is 5.91 Å². The number of hydrogen-bond donors (Lipinski definition) is 3. The maximum absolute atomic E-state index is 13.5. The van der Waals surface area contributed by atoms with Crippen LogP contribution in [-0.4, -0.2) is 41.5 Å².